The molecule has 1 aromatic carbocycles. The number of benzene rings is 1. The zero-order valence-electron chi connectivity index (χ0n) is 11.4. The SMILES string of the molecule is COC1CC(NC(=O)c2ccc(Br)cc2N)C1(C)C. The van der Waals surface area contributed by atoms with Gasteiger partial charge in [-0.15, -0.1) is 0 Å². The maximum absolute atomic E-state index is 12.2. The molecule has 5 heteroatoms. The van der Waals surface area contributed by atoms with Crippen LogP contribution in [-0.4, -0.2) is 25.2 Å². The summed E-state index contributed by atoms with van der Waals surface area (Å²) >= 11 is 3.33. The lowest BCUT2D eigenvalue weighted by atomic mass is 9.64. The van der Waals surface area contributed by atoms with E-state index in [0.29, 0.717) is 11.3 Å². The zero-order chi connectivity index (χ0) is 14.2. The molecule has 2 unspecified atom stereocenters. The monoisotopic (exact) mass is 326 g/mol. The van der Waals surface area contributed by atoms with Gasteiger partial charge in [-0.25, -0.2) is 0 Å². The Balaban J connectivity index is 2.07. The Morgan fingerprint density at radius 1 is 1.53 bits per heavy atom. The number of carbonyl (C=O) groups is 1. The Bertz CT molecular complexity index is 502. The number of nitrogens with two attached hydrogens (primary N) is 1. The van der Waals surface area contributed by atoms with Gasteiger partial charge in [-0.2, -0.15) is 0 Å². The maximum atomic E-state index is 12.2. The smallest absolute Gasteiger partial charge is 0.253 e. The van der Waals surface area contributed by atoms with Gasteiger partial charge in [-0.3, -0.25) is 4.79 Å². The Hall–Kier alpha value is -1.07. The van der Waals surface area contributed by atoms with Crippen LogP contribution >= 0.6 is 15.9 Å². The maximum Gasteiger partial charge on any atom is 0.253 e. The highest BCUT2D eigenvalue weighted by molar-refractivity contribution is 9.10. The average molecular weight is 327 g/mol. The molecular weight excluding hydrogens is 308 g/mol. The number of nitrogen functional groups attached to an aromatic ring is 1. The van der Waals surface area contributed by atoms with E-state index >= 15 is 0 Å². The molecule has 19 heavy (non-hydrogen) atoms. The normalized spacial score (nSPS) is 24.6. The zero-order valence-corrected chi connectivity index (χ0v) is 13.0. The first-order valence-electron chi connectivity index (χ1n) is 6.25. The molecule has 0 spiro atoms. The molecule has 1 saturated carbocycles. The van der Waals surface area contributed by atoms with Gasteiger partial charge in [-0.1, -0.05) is 29.8 Å². The first-order chi connectivity index (χ1) is 8.86. The summed E-state index contributed by atoms with van der Waals surface area (Å²) < 4.78 is 6.24. The standard InChI is InChI=1S/C14H19BrN2O2/c1-14(2)11(7-12(14)19-3)17-13(18)9-5-4-8(15)6-10(9)16/h4-6,11-12H,7,16H2,1-3H3,(H,17,18). The summed E-state index contributed by atoms with van der Waals surface area (Å²) in [5.41, 5.74) is 6.81. The second-order valence-electron chi connectivity index (χ2n) is 5.54. The van der Waals surface area contributed by atoms with E-state index < -0.39 is 0 Å². The van der Waals surface area contributed by atoms with Crippen molar-refractivity contribution in [2.45, 2.75) is 32.4 Å². The third kappa shape index (κ3) is 2.62. The van der Waals surface area contributed by atoms with E-state index in [-0.39, 0.29) is 23.5 Å². The molecule has 3 N–H and O–H groups in total. The fourth-order valence-corrected chi connectivity index (χ4v) is 2.89. The van der Waals surface area contributed by atoms with E-state index in [1.165, 1.54) is 0 Å². The number of carbonyl (C=O) groups excluding carboxylic acids is 1. The van der Waals surface area contributed by atoms with Gasteiger partial charge in [0.1, 0.15) is 0 Å². The van der Waals surface area contributed by atoms with Gasteiger partial charge < -0.3 is 15.8 Å². The fraction of sp³-hybridized carbons (Fsp3) is 0.500. The molecule has 0 bridgehead atoms. The quantitative estimate of drug-likeness (QED) is 0.839. The summed E-state index contributed by atoms with van der Waals surface area (Å²) in [6.45, 7) is 4.20. The van der Waals surface area contributed by atoms with Crippen molar-refractivity contribution < 1.29 is 9.53 Å². The number of methoxy groups -OCH3 is 1. The number of hydrogen-bond donors (Lipinski definition) is 2. The van der Waals surface area contributed by atoms with Crippen LogP contribution in [0.15, 0.2) is 22.7 Å². The Labute approximate surface area is 121 Å². The summed E-state index contributed by atoms with van der Waals surface area (Å²) in [6, 6.07) is 5.40. The summed E-state index contributed by atoms with van der Waals surface area (Å²) in [7, 11) is 1.71. The van der Waals surface area contributed by atoms with Crippen molar-refractivity contribution in [2.24, 2.45) is 5.41 Å². The van der Waals surface area contributed by atoms with Crippen LogP contribution in [0.2, 0.25) is 0 Å². The predicted molar refractivity (Wildman–Crippen MR) is 79.0 cm³/mol. The van der Waals surface area contributed by atoms with Gasteiger partial charge in [0.15, 0.2) is 0 Å². The molecule has 2 atom stereocenters. The van der Waals surface area contributed by atoms with Gasteiger partial charge >= 0.3 is 0 Å². The molecule has 1 fully saturated rings. The van der Waals surface area contributed by atoms with Crippen molar-refractivity contribution in [3.8, 4) is 0 Å². The number of hydrogen-bond acceptors (Lipinski definition) is 3. The van der Waals surface area contributed by atoms with Crippen molar-refractivity contribution in [1.29, 1.82) is 0 Å². The number of rotatable bonds is 3. The average Bonchev–Trinajstić information content (AvgIpc) is 2.33. The predicted octanol–water partition coefficient (Wildman–Crippen LogP) is 2.57. The molecule has 104 valence electrons. The van der Waals surface area contributed by atoms with E-state index in [1.807, 2.05) is 6.07 Å². The Morgan fingerprint density at radius 2 is 2.21 bits per heavy atom. The fourth-order valence-electron chi connectivity index (χ4n) is 2.51. The summed E-state index contributed by atoms with van der Waals surface area (Å²) in [5.74, 6) is -0.127. The summed E-state index contributed by atoms with van der Waals surface area (Å²) in [6.07, 6.45) is 1.03. The van der Waals surface area contributed by atoms with Crippen molar-refractivity contribution in [3.63, 3.8) is 0 Å². The van der Waals surface area contributed by atoms with Gasteiger partial charge in [0.25, 0.3) is 5.91 Å². The highest BCUT2D eigenvalue weighted by atomic mass is 79.9. The highest BCUT2D eigenvalue weighted by Crippen LogP contribution is 2.42. The molecule has 1 aromatic rings. The molecule has 1 amide bonds. The van der Waals surface area contributed by atoms with Crippen LogP contribution in [0.1, 0.15) is 30.6 Å². The summed E-state index contributed by atoms with van der Waals surface area (Å²) in [5, 5.41) is 3.03. The van der Waals surface area contributed by atoms with E-state index in [4.69, 9.17) is 10.5 Å². The molecule has 2 rings (SSSR count). The van der Waals surface area contributed by atoms with E-state index in [9.17, 15) is 4.79 Å². The molecular formula is C14H19BrN2O2. The minimum atomic E-state index is -0.127. The largest absolute Gasteiger partial charge is 0.398 e. The van der Waals surface area contributed by atoms with Crippen LogP contribution in [0.4, 0.5) is 5.69 Å². The van der Waals surface area contributed by atoms with Crippen LogP contribution in [-0.2, 0) is 4.74 Å². The van der Waals surface area contributed by atoms with Gasteiger partial charge in [0.2, 0.25) is 0 Å². The molecule has 0 aliphatic heterocycles. The topological polar surface area (TPSA) is 64.3 Å². The second kappa shape index (κ2) is 5.13. The molecule has 1 aliphatic rings. The molecule has 0 saturated heterocycles. The number of ether oxygens (including phenoxy) is 1. The van der Waals surface area contributed by atoms with Crippen molar-refractivity contribution in [3.05, 3.63) is 28.2 Å². The van der Waals surface area contributed by atoms with Crippen molar-refractivity contribution in [1.82, 2.24) is 5.32 Å². The Kier molecular flexibility index (Phi) is 3.87. The van der Waals surface area contributed by atoms with E-state index in [2.05, 4.69) is 35.1 Å². The number of nitrogens with one attached hydrogen (secondary N) is 1. The first-order valence-corrected chi connectivity index (χ1v) is 7.04. The van der Waals surface area contributed by atoms with Crippen LogP contribution in [0.3, 0.4) is 0 Å². The number of halogens is 1. The summed E-state index contributed by atoms with van der Waals surface area (Å²) in [4.78, 5) is 12.2. The van der Waals surface area contributed by atoms with Crippen LogP contribution in [0, 0.1) is 5.41 Å². The van der Waals surface area contributed by atoms with Crippen molar-refractivity contribution >= 4 is 27.5 Å². The van der Waals surface area contributed by atoms with E-state index in [1.54, 1.807) is 19.2 Å². The Morgan fingerprint density at radius 3 is 2.74 bits per heavy atom. The minimum absolute atomic E-state index is 0.0471. The molecule has 0 heterocycles. The molecule has 0 radical (unpaired) electrons. The van der Waals surface area contributed by atoms with E-state index in [0.717, 1.165) is 10.9 Å². The van der Waals surface area contributed by atoms with Crippen LogP contribution < -0.4 is 11.1 Å². The van der Waals surface area contributed by atoms with Gasteiger partial charge in [-0.05, 0) is 24.6 Å². The molecule has 0 aromatic heterocycles. The van der Waals surface area contributed by atoms with Gasteiger partial charge in [0, 0.05) is 28.7 Å². The number of amides is 1. The lowest BCUT2D eigenvalue weighted by molar-refractivity contribution is -0.0942. The number of anilines is 1. The second-order valence-corrected chi connectivity index (χ2v) is 6.45. The molecule has 1 aliphatic carbocycles. The van der Waals surface area contributed by atoms with Crippen LogP contribution in [0.25, 0.3) is 0 Å². The van der Waals surface area contributed by atoms with Crippen LogP contribution in [0.5, 0.6) is 0 Å². The first kappa shape index (κ1) is 14.3. The third-order valence-electron chi connectivity index (χ3n) is 4.03. The van der Waals surface area contributed by atoms with Gasteiger partial charge in [0.05, 0.1) is 11.7 Å². The lowest BCUT2D eigenvalue weighted by Gasteiger charge is -2.51. The van der Waals surface area contributed by atoms with Crippen molar-refractivity contribution in [2.75, 3.05) is 12.8 Å². The molecule has 4 nitrogen and oxygen atoms in total. The lowest BCUT2D eigenvalue weighted by Crippen LogP contribution is -2.61. The minimum Gasteiger partial charge on any atom is -0.398 e. The third-order valence-corrected chi connectivity index (χ3v) is 4.52. The highest BCUT2D eigenvalue weighted by Gasteiger charge is 2.49.